The minimum atomic E-state index is -0.312. The largest absolute Gasteiger partial charge is 0.465 e. The zero-order valence-electron chi connectivity index (χ0n) is 14.7. The van der Waals surface area contributed by atoms with E-state index in [-0.39, 0.29) is 29.9 Å². The molecule has 0 saturated heterocycles. The number of aliphatic imine (C=N–C) groups is 1. The lowest BCUT2D eigenvalue weighted by molar-refractivity contribution is 0.0600. The molecular formula is C18H24IN3O2S. The van der Waals surface area contributed by atoms with Crippen LogP contribution in [0.15, 0.2) is 40.7 Å². The second-order valence-electron chi connectivity index (χ2n) is 5.32. The Morgan fingerprint density at radius 2 is 1.92 bits per heavy atom. The van der Waals surface area contributed by atoms with Crippen molar-refractivity contribution in [3.05, 3.63) is 57.3 Å². The third-order valence-electron chi connectivity index (χ3n) is 3.69. The van der Waals surface area contributed by atoms with E-state index in [4.69, 9.17) is 4.74 Å². The molecule has 2 aromatic rings. The number of hydrogen-bond acceptors (Lipinski definition) is 4. The topological polar surface area (TPSA) is 62.7 Å². The van der Waals surface area contributed by atoms with Gasteiger partial charge >= 0.3 is 5.97 Å². The van der Waals surface area contributed by atoms with Crippen molar-refractivity contribution < 1.29 is 9.53 Å². The van der Waals surface area contributed by atoms with Crippen LogP contribution in [-0.2, 0) is 17.7 Å². The molecule has 1 aromatic carbocycles. The molecule has 0 fully saturated rings. The van der Waals surface area contributed by atoms with Gasteiger partial charge in [-0.3, -0.25) is 4.99 Å². The zero-order valence-corrected chi connectivity index (χ0v) is 17.8. The molecule has 2 rings (SSSR count). The van der Waals surface area contributed by atoms with Crippen molar-refractivity contribution >= 4 is 47.2 Å². The van der Waals surface area contributed by atoms with Gasteiger partial charge in [0.1, 0.15) is 0 Å². The normalized spacial score (nSPS) is 10.8. The van der Waals surface area contributed by atoms with Crippen LogP contribution in [0.5, 0.6) is 0 Å². The van der Waals surface area contributed by atoms with Crippen LogP contribution in [-0.4, -0.2) is 32.6 Å². The third-order valence-corrected chi connectivity index (χ3v) is 4.71. The van der Waals surface area contributed by atoms with Gasteiger partial charge in [0.2, 0.25) is 0 Å². The van der Waals surface area contributed by atoms with E-state index in [2.05, 4.69) is 34.0 Å². The van der Waals surface area contributed by atoms with E-state index in [1.165, 1.54) is 17.6 Å². The molecule has 0 aliphatic rings. The number of halogens is 1. The molecule has 0 bridgehead atoms. The van der Waals surface area contributed by atoms with Gasteiger partial charge in [-0.2, -0.15) is 0 Å². The highest BCUT2D eigenvalue weighted by Gasteiger charge is 2.05. The quantitative estimate of drug-likeness (QED) is 0.292. The first-order chi connectivity index (χ1) is 11.6. The Bertz CT molecular complexity index is 699. The summed E-state index contributed by atoms with van der Waals surface area (Å²) in [6.07, 6.45) is 0.847. The van der Waals surface area contributed by atoms with Crippen LogP contribution in [0.25, 0.3) is 0 Å². The van der Waals surface area contributed by atoms with Crippen molar-refractivity contribution in [2.45, 2.75) is 19.9 Å². The molecule has 0 radical (unpaired) electrons. The first-order valence-corrected chi connectivity index (χ1v) is 8.66. The highest BCUT2D eigenvalue weighted by molar-refractivity contribution is 14.0. The average Bonchev–Trinajstić information content (AvgIpc) is 3.02. The van der Waals surface area contributed by atoms with Gasteiger partial charge in [-0.15, -0.1) is 35.3 Å². The lowest BCUT2D eigenvalue weighted by atomic mass is 10.1. The number of benzene rings is 1. The number of carbonyl (C=O) groups excluding carboxylic acids is 1. The number of nitrogens with zero attached hydrogens (tertiary/aromatic N) is 1. The minimum absolute atomic E-state index is 0. The summed E-state index contributed by atoms with van der Waals surface area (Å²) in [4.78, 5) is 17.0. The van der Waals surface area contributed by atoms with E-state index in [9.17, 15) is 4.79 Å². The Morgan fingerprint density at radius 3 is 2.48 bits per heavy atom. The molecule has 0 aliphatic carbocycles. The lowest BCUT2D eigenvalue weighted by Gasteiger charge is -2.12. The van der Waals surface area contributed by atoms with Crippen LogP contribution in [0, 0.1) is 6.92 Å². The summed E-state index contributed by atoms with van der Waals surface area (Å²) < 4.78 is 4.69. The Kier molecular flexibility index (Phi) is 9.51. The number of nitrogens with one attached hydrogen (secondary N) is 2. The summed E-state index contributed by atoms with van der Waals surface area (Å²) in [5.41, 5.74) is 3.02. The van der Waals surface area contributed by atoms with Crippen LogP contribution >= 0.6 is 35.3 Å². The van der Waals surface area contributed by atoms with Crippen LogP contribution in [0.1, 0.15) is 26.4 Å². The van der Waals surface area contributed by atoms with Gasteiger partial charge in [0.05, 0.1) is 19.2 Å². The molecule has 1 heterocycles. The van der Waals surface area contributed by atoms with Gasteiger partial charge in [-0.1, -0.05) is 12.1 Å². The SMILES string of the molecule is CN=C(NCCc1ccc(C(=O)OC)cc1)NCc1sccc1C.I. The molecule has 1 aromatic heterocycles. The van der Waals surface area contributed by atoms with Crippen molar-refractivity contribution in [1.29, 1.82) is 0 Å². The van der Waals surface area contributed by atoms with Crippen molar-refractivity contribution in [2.75, 3.05) is 20.7 Å². The number of aryl methyl sites for hydroxylation is 1. The molecule has 0 atom stereocenters. The van der Waals surface area contributed by atoms with E-state index in [1.807, 2.05) is 12.1 Å². The number of carbonyl (C=O) groups is 1. The predicted octanol–water partition coefficient (Wildman–Crippen LogP) is 3.37. The van der Waals surface area contributed by atoms with Crippen molar-refractivity contribution in [2.24, 2.45) is 4.99 Å². The van der Waals surface area contributed by atoms with Gasteiger partial charge in [0.25, 0.3) is 0 Å². The maximum Gasteiger partial charge on any atom is 0.337 e. The van der Waals surface area contributed by atoms with Gasteiger partial charge in [-0.25, -0.2) is 4.79 Å². The molecule has 25 heavy (non-hydrogen) atoms. The summed E-state index contributed by atoms with van der Waals surface area (Å²) in [7, 11) is 3.15. The van der Waals surface area contributed by atoms with Crippen LogP contribution in [0.3, 0.4) is 0 Å². The third kappa shape index (κ3) is 6.66. The summed E-state index contributed by atoms with van der Waals surface area (Å²) in [5.74, 6) is 0.474. The number of rotatable bonds is 6. The van der Waals surface area contributed by atoms with Crippen LogP contribution < -0.4 is 10.6 Å². The molecule has 136 valence electrons. The van der Waals surface area contributed by atoms with E-state index in [0.717, 1.165) is 31.0 Å². The molecule has 0 amide bonds. The Labute approximate surface area is 169 Å². The lowest BCUT2D eigenvalue weighted by Crippen LogP contribution is -2.37. The van der Waals surface area contributed by atoms with Crippen molar-refractivity contribution in [3.63, 3.8) is 0 Å². The van der Waals surface area contributed by atoms with Gasteiger partial charge in [0, 0.05) is 18.5 Å². The average molecular weight is 473 g/mol. The fourth-order valence-corrected chi connectivity index (χ4v) is 3.07. The summed E-state index contributed by atoms with van der Waals surface area (Å²) in [6.45, 7) is 3.65. The van der Waals surface area contributed by atoms with Crippen LogP contribution in [0.2, 0.25) is 0 Å². The molecule has 5 nitrogen and oxygen atoms in total. The molecular weight excluding hydrogens is 449 g/mol. The minimum Gasteiger partial charge on any atom is -0.465 e. The van der Waals surface area contributed by atoms with E-state index < -0.39 is 0 Å². The van der Waals surface area contributed by atoms with E-state index >= 15 is 0 Å². The number of thiophene rings is 1. The Morgan fingerprint density at radius 1 is 1.20 bits per heavy atom. The first kappa shape index (κ1) is 21.4. The summed E-state index contributed by atoms with van der Waals surface area (Å²) in [5, 5.41) is 8.72. The molecule has 0 aliphatic heterocycles. The number of hydrogen-bond donors (Lipinski definition) is 2. The van der Waals surface area contributed by atoms with Crippen LogP contribution in [0.4, 0.5) is 0 Å². The predicted molar refractivity (Wildman–Crippen MR) is 114 cm³/mol. The molecule has 0 spiro atoms. The van der Waals surface area contributed by atoms with Gasteiger partial charge < -0.3 is 15.4 Å². The molecule has 7 heteroatoms. The van der Waals surface area contributed by atoms with Crippen molar-refractivity contribution in [3.8, 4) is 0 Å². The molecule has 0 unspecified atom stereocenters. The second kappa shape index (κ2) is 11.1. The Balaban J connectivity index is 0.00000312. The Hall–Kier alpha value is -1.61. The number of guanidine groups is 1. The fraction of sp³-hybridized carbons (Fsp3) is 0.333. The maximum absolute atomic E-state index is 11.4. The highest BCUT2D eigenvalue weighted by Crippen LogP contribution is 2.14. The van der Waals surface area contributed by atoms with E-state index in [1.54, 1.807) is 30.5 Å². The monoisotopic (exact) mass is 473 g/mol. The number of esters is 1. The fourth-order valence-electron chi connectivity index (χ4n) is 2.22. The molecule has 2 N–H and O–H groups in total. The maximum atomic E-state index is 11.4. The molecule has 0 saturated carbocycles. The van der Waals surface area contributed by atoms with E-state index in [0.29, 0.717) is 5.56 Å². The van der Waals surface area contributed by atoms with Crippen molar-refractivity contribution in [1.82, 2.24) is 10.6 Å². The number of ether oxygens (including phenoxy) is 1. The second-order valence-corrected chi connectivity index (χ2v) is 6.32. The smallest absolute Gasteiger partial charge is 0.337 e. The van der Waals surface area contributed by atoms with Gasteiger partial charge in [0.15, 0.2) is 5.96 Å². The van der Waals surface area contributed by atoms with Gasteiger partial charge in [-0.05, 0) is 48.1 Å². The first-order valence-electron chi connectivity index (χ1n) is 7.78. The summed E-state index contributed by atoms with van der Waals surface area (Å²) in [6, 6.07) is 9.58. The standard InChI is InChI=1S/C18H23N3O2S.HI/c1-13-9-11-24-16(13)12-21-18(19-2)20-10-8-14-4-6-15(7-5-14)17(22)23-3;/h4-7,9,11H,8,10,12H2,1-3H3,(H2,19,20,21);1H. The zero-order chi connectivity index (χ0) is 17.4. The number of methoxy groups -OCH3 is 1. The highest BCUT2D eigenvalue weighted by atomic mass is 127. The summed E-state index contributed by atoms with van der Waals surface area (Å²) >= 11 is 1.75.